The van der Waals surface area contributed by atoms with Crippen molar-refractivity contribution < 1.29 is 9.59 Å². The second-order valence-corrected chi connectivity index (χ2v) is 6.15. The quantitative estimate of drug-likeness (QED) is 0.815. The number of hydrogen-bond acceptors (Lipinski definition) is 3. The molecule has 0 unspecified atom stereocenters. The zero-order valence-electron chi connectivity index (χ0n) is 13.3. The number of likely N-dealkylation sites (N-methyl/N-ethyl adjacent to an activating group) is 1. The van der Waals surface area contributed by atoms with E-state index in [4.69, 9.17) is 0 Å². The van der Waals surface area contributed by atoms with Gasteiger partial charge in [0.25, 0.3) is 0 Å². The van der Waals surface area contributed by atoms with Crippen LogP contribution in [-0.4, -0.2) is 80.0 Å². The lowest BCUT2D eigenvalue weighted by atomic mass is 10.0. The normalized spacial score (nSPS) is 18.0. The van der Waals surface area contributed by atoms with Crippen LogP contribution in [0.5, 0.6) is 0 Å². The smallest absolute Gasteiger partial charge is 0.317 e. The van der Waals surface area contributed by atoms with Gasteiger partial charge in [-0.3, -0.25) is 4.79 Å². The van der Waals surface area contributed by atoms with Gasteiger partial charge in [-0.15, -0.1) is 0 Å². The van der Waals surface area contributed by atoms with Gasteiger partial charge in [-0.2, -0.15) is 0 Å². The fraction of sp³-hybridized carbons (Fsp3) is 0.857. The summed E-state index contributed by atoms with van der Waals surface area (Å²) in [6.07, 6.45) is 0.671. The van der Waals surface area contributed by atoms with Crippen molar-refractivity contribution in [2.75, 3.05) is 47.3 Å². The molecule has 1 aliphatic heterocycles. The number of carbonyl (C=O) groups is 2. The molecular formula is C14H28N4O2. The first-order chi connectivity index (χ1) is 9.31. The topological polar surface area (TPSA) is 55.9 Å². The highest BCUT2D eigenvalue weighted by molar-refractivity contribution is 5.87. The molecule has 0 radical (unpaired) electrons. The Morgan fingerprint density at radius 2 is 1.70 bits per heavy atom. The van der Waals surface area contributed by atoms with Gasteiger partial charge in [-0.05, 0) is 19.4 Å². The minimum atomic E-state index is -0.423. The number of nitrogens with zero attached hydrogens (tertiary/aromatic N) is 3. The zero-order chi connectivity index (χ0) is 15.3. The fourth-order valence-corrected chi connectivity index (χ4v) is 2.22. The first-order valence-electron chi connectivity index (χ1n) is 7.26. The molecule has 0 bridgehead atoms. The molecule has 6 nitrogen and oxygen atoms in total. The van der Waals surface area contributed by atoms with Crippen LogP contribution in [0, 0.1) is 5.92 Å². The summed E-state index contributed by atoms with van der Waals surface area (Å²) in [6.45, 7) is 7.38. The molecule has 6 heteroatoms. The van der Waals surface area contributed by atoms with E-state index in [-0.39, 0.29) is 11.9 Å². The number of urea groups is 1. The van der Waals surface area contributed by atoms with Crippen molar-refractivity contribution in [1.82, 2.24) is 20.0 Å². The molecule has 20 heavy (non-hydrogen) atoms. The summed E-state index contributed by atoms with van der Waals surface area (Å²) in [7, 11) is 5.42. The van der Waals surface area contributed by atoms with E-state index in [1.807, 2.05) is 4.90 Å². The monoisotopic (exact) mass is 284 g/mol. The zero-order valence-corrected chi connectivity index (χ0v) is 13.3. The van der Waals surface area contributed by atoms with E-state index < -0.39 is 6.04 Å². The fourth-order valence-electron chi connectivity index (χ4n) is 2.22. The highest BCUT2D eigenvalue weighted by atomic mass is 16.2. The molecular weight excluding hydrogens is 256 g/mol. The van der Waals surface area contributed by atoms with Crippen molar-refractivity contribution >= 4 is 11.9 Å². The number of hydrogen-bond donors (Lipinski definition) is 1. The minimum absolute atomic E-state index is 0.0435. The summed E-state index contributed by atoms with van der Waals surface area (Å²) in [5.74, 6) is 0.404. The first kappa shape index (κ1) is 16.8. The summed E-state index contributed by atoms with van der Waals surface area (Å²) in [5, 5.41) is 2.84. The molecule has 0 aliphatic carbocycles. The summed E-state index contributed by atoms with van der Waals surface area (Å²) < 4.78 is 0. The lowest BCUT2D eigenvalue weighted by Crippen LogP contribution is -2.55. The van der Waals surface area contributed by atoms with Crippen LogP contribution in [0.4, 0.5) is 4.79 Å². The molecule has 1 N–H and O–H groups in total. The van der Waals surface area contributed by atoms with E-state index in [0.717, 1.165) is 26.2 Å². The third-order valence-electron chi connectivity index (χ3n) is 3.52. The SMILES string of the molecule is CC(C)C[C@H](NC(=O)N(C)C)C(=O)N1CCN(C)CC1. The first-order valence-corrected chi connectivity index (χ1v) is 7.26. The molecule has 1 fully saturated rings. The Balaban J connectivity index is 2.66. The van der Waals surface area contributed by atoms with E-state index >= 15 is 0 Å². The summed E-state index contributed by atoms with van der Waals surface area (Å²) >= 11 is 0. The Bertz CT molecular complexity index is 336. The van der Waals surface area contributed by atoms with E-state index in [1.165, 1.54) is 4.90 Å². The molecule has 0 saturated carbocycles. The second kappa shape index (κ2) is 7.47. The largest absolute Gasteiger partial charge is 0.338 e. The van der Waals surface area contributed by atoms with Gasteiger partial charge in [-0.25, -0.2) is 4.79 Å². The van der Waals surface area contributed by atoms with Crippen LogP contribution < -0.4 is 5.32 Å². The third-order valence-corrected chi connectivity index (χ3v) is 3.52. The van der Waals surface area contributed by atoms with Crippen LogP contribution in [0.1, 0.15) is 20.3 Å². The molecule has 1 rings (SSSR count). The average Bonchev–Trinajstić information content (AvgIpc) is 2.37. The van der Waals surface area contributed by atoms with Gasteiger partial charge < -0.3 is 20.0 Å². The van der Waals surface area contributed by atoms with Gasteiger partial charge in [0.05, 0.1) is 0 Å². The van der Waals surface area contributed by atoms with Crippen molar-refractivity contribution in [3.05, 3.63) is 0 Å². The molecule has 3 amide bonds. The van der Waals surface area contributed by atoms with Crippen LogP contribution in [-0.2, 0) is 4.79 Å². The third kappa shape index (κ3) is 5.00. The number of rotatable bonds is 4. The minimum Gasteiger partial charge on any atom is -0.338 e. The van der Waals surface area contributed by atoms with E-state index in [2.05, 4.69) is 31.1 Å². The molecule has 0 spiro atoms. The Morgan fingerprint density at radius 1 is 1.15 bits per heavy atom. The number of carbonyl (C=O) groups excluding carboxylic acids is 2. The van der Waals surface area contributed by atoms with Crippen LogP contribution in [0.15, 0.2) is 0 Å². The van der Waals surface area contributed by atoms with Gasteiger partial charge >= 0.3 is 6.03 Å². The maximum Gasteiger partial charge on any atom is 0.317 e. The van der Waals surface area contributed by atoms with Gasteiger partial charge in [-0.1, -0.05) is 13.8 Å². The van der Waals surface area contributed by atoms with E-state index in [1.54, 1.807) is 14.1 Å². The molecule has 1 aliphatic rings. The van der Waals surface area contributed by atoms with Crippen molar-refractivity contribution in [1.29, 1.82) is 0 Å². The second-order valence-electron chi connectivity index (χ2n) is 6.15. The molecule has 1 saturated heterocycles. The number of nitrogens with one attached hydrogen (secondary N) is 1. The van der Waals surface area contributed by atoms with E-state index in [9.17, 15) is 9.59 Å². The van der Waals surface area contributed by atoms with Gasteiger partial charge in [0.15, 0.2) is 0 Å². The lowest BCUT2D eigenvalue weighted by Gasteiger charge is -2.35. The molecule has 0 aromatic heterocycles. The van der Waals surface area contributed by atoms with Crippen molar-refractivity contribution in [2.45, 2.75) is 26.3 Å². The molecule has 0 aromatic rings. The Morgan fingerprint density at radius 3 is 2.15 bits per heavy atom. The van der Waals surface area contributed by atoms with E-state index in [0.29, 0.717) is 12.3 Å². The van der Waals surface area contributed by atoms with Crippen LogP contribution in [0.3, 0.4) is 0 Å². The van der Waals surface area contributed by atoms with Crippen LogP contribution in [0.2, 0.25) is 0 Å². The highest BCUT2D eigenvalue weighted by Crippen LogP contribution is 2.10. The average molecular weight is 284 g/mol. The Kier molecular flexibility index (Phi) is 6.26. The van der Waals surface area contributed by atoms with Crippen LogP contribution in [0.25, 0.3) is 0 Å². The van der Waals surface area contributed by atoms with Crippen LogP contribution >= 0.6 is 0 Å². The van der Waals surface area contributed by atoms with Gasteiger partial charge in [0.2, 0.25) is 5.91 Å². The maximum atomic E-state index is 12.6. The predicted octanol–water partition coefficient (Wildman–Crippen LogP) is 0.446. The lowest BCUT2D eigenvalue weighted by molar-refractivity contribution is -0.135. The summed E-state index contributed by atoms with van der Waals surface area (Å²) in [5.41, 5.74) is 0. The predicted molar refractivity (Wildman–Crippen MR) is 79.5 cm³/mol. The summed E-state index contributed by atoms with van der Waals surface area (Å²) in [4.78, 5) is 29.9. The van der Waals surface area contributed by atoms with Crippen molar-refractivity contribution in [3.63, 3.8) is 0 Å². The number of amides is 3. The maximum absolute atomic E-state index is 12.6. The van der Waals surface area contributed by atoms with Crippen molar-refractivity contribution in [3.8, 4) is 0 Å². The molecule has 0 aromatic carbocycles. The number of piperazine rings is 1. The van der Waals surface area contributed by atoms with Gasteiger partial charge in [0, 0.05) is 40.3 Å². The summed E-state index contributed by atoms with van der Waals surface area (Å²) in [6, 6.07) is -0.633. The Hall–Kier alpha value is -1.30. The van der Waals surface area contributed by atoms with Gasteiger partial charge in [0.1, 0.15) is 6.04 Å². The molecule has 1 heterocycles. The Labute approximate surface area is 122 Å². The molecule has 1 atom stereocenters. The standard InChI is InChI=1S/C14H28N4O2/c1-11(2)10-12(15-14(20)16(3)4)13(19)18-8-6-17(5)7-9-18/h11-12H,6-10H2,1-5H3,(H,15,20)/t12-/m0/s1. The molecule has 116 valence electrons. The van der Waals surface area contributed by atoms with Crippen molar-refractivity contribution in [2.24, 2.45) is 5.92 Å². The highest BCUT2D eigenvalue weighted by Gasteiger charge is 2.28.